The molecule has 4 nitrogen and oxygen atoms in total. The van der Waals surface area contributed by atoms with Gasteiger partial charge in [-0.15, -0.1) is 0 Å². The number of rotatable bonds is 4. The van der Waals surface area contributed by atoms with Crippen molar-refractivity contribution in [2.24, 2.45) is 0 Å². The minimum Gasteiger partial charge on any atom is -0.301 e. The van der Waals surface area contributed by atoms with Gasteiger partial charge in [0.2, 0.25) is 5.91 Å². The standard InChI is InChI=1S/C29H32N2O2/c1-18(2)23-9-11-24(12-10-23)28-29(33)30(25-13-7-19(3)21(5)15-25)17-27(32)31(28)26-14-8-20(4)22(6)16-26/h7-16,18,28H,17H2,1-6H3/t28-/m1/s1. The second kappa shape index (κ2) is 8.86. The van der Waals surface area contributed by atoms with Gasteiger partial charge in [-0.2, -0.15) is 0 Å². The van der Waals surface area contributed by atoms with Crippen molar-refractivity contribution >= 4 is 23.2 Å². The van der Waals surface area contributed by atoms with E-state index in [1.807, 2.05) is 76.2 Å². The molecule has 0 aromatic heterocycles. The first kappa shape index (κ1) is 22.8. The van der Waals surface area contributed by atoms with Crippen molar-refractivity contribution < 1.29 is 9.59 Å². The molecule has 1 heterocycles. The monoisotopic (exact) mass is 440 g/mol. The maximum absolute atomic E-state index is 14.0. The molecule has 3 aromatic rings. The number of carbonyl (C=O) groups excluding carboxylic acids is 2. The molecule has 4 heteroatoms. The summed E-state index contributed by atoms with van der Waals surface area (Å²) in [4.78, 5) is 30.8. The van der Waals surface area contributed by atoms with Gasteiger partial charge in [0.25, 0.3) is 5.91 Å². The average Bonchev–Trinajstić information content (AvgIpc) is 2.79. The minimum absolute atomic E-state index is 0.0227. The summed E-state index contributed by atoms with van der Waals surface area (Å²) < 4.78 is 0. The Kier molecular flexibility index (Phi) is 6.11. The molecule has 2 amide bonds. The molecule has 4 rings (SSSR count). The summed E-state index contributed by atoms with van der Waals surface area (Å²) in [5.41, 5.74) is 8.06. The van der Waals surface area contributed by atoms with Gasteiger partial charge in [-0.25, -0.2) is 0 Å². The largest absolute Gasteiger partial charge is 0.301 e. The summed E-state index contributed by atoms with van der Waals surface area (Å²) >= 11 is 0. The quantitative estimate of drug-likeness (QED) is 0.487. The third-order valence-electron chi connectivity index (χ3n) is 6.81. The van der Waals surface area contributed by atoms with Crippen LogP contribution in [-0.4, -0.2) is 18.4 Å². The fourth-order valence-electron chi connectivity index (χ4n) is 4.33. The first-order chi connectivity index (χ1) is 15.7. The Bertz CT molecular complexity index is 1210. The number of piperazine rings is 1. The maximum Gasteiger partial charge on any atom is 0.255 e. The lowest BCUT2D eigenvalue weighted by Crippen LogP contribution is -2.56. The molecule has 33 heavy (non-hydrogen) atoms. The van der Waals surface area contributed by atoms with E-state index in [0.717, 1.165) is 39.2 Å². The first-order valence-electron chi connectivity index (χ1n) is 11.5. The van der Waals surface area contributed by atoms with Gasteiger partial charge in [0, 0.05) is 11.4 Å². The Morgan fingerprint density at radius 3 is 1.82 bits per heavy atom. The van der Waals surface area contributed by atoms with Crippen LogP contribution in [0.5, 0.6) is 0 Å². The lowest BCUT2D eigenvalue weighted by molar-refractivity contribution is -0.128. The molecule has 1 aliphatic heterocycles. The maximum atomic E-state index is 14.0. The summed E-state index contributed by atoms with van der Waals surface area (Å²) in [7, 11) is 0. The summed E-state index contributed by atoms with van der Waals surface area (Å²) in [6, 6.07) is 19.3. The van der Waals surface area contributed by atoms with Crippen LogP contribution in [0.15, 0.2) is 60.7 Å². The van der Waals surface area contributed by atoms with Crippen LogP contribution >= 0.6 is 0 Å². The van der Waals surface area contributed by atoms with Crippen molar-refractivity contribution in [1.29, 1.82) is 0 Å². The van der Waals surface area contributed by atoms with Crippen molar-refractivity contribution in [1.82, 2.24) is 0 Å². The first-order valence-corrected chi connectivity index (χ1v) is 11.5. The predicted octanol–water partition coefficient (Wildman–Crippen LogP) is 6.16. The van der Waals surface area contributed by atoms with Crippen LogP contribution in [0.1, 0.15) is 59.2 Å². The Hall–Kier alpha value is -3.40. The molecule has 170 valence electrons. The second-order valence-corrected chi connectivity index (χ2v) is 9.45. The molecule has 0 bridgehead atoms. The van der Waals surface area contributed by atoms with Gasteiger partial charge >= 0.3 is 0 Å². The second-order valence-electron chi connectivity index (χ2n) is 9.45. The summed E-state index contributed by atoms with van der Waals surface area (Å²) in [5.74, 6) is 0.216. The molecular weight excluding hydrogens is 408 g/mol. The number of amides is 2. The Morgan fingerprint density at radius 1 is 0.727 bits per heavy atom. The number of nitrogens with zero attached hydrogens (tertiary/aromatic N) is 2. The summed E-state index contributed by atoms with van der Waals surface area (Å²) in [6.07, 6.45) is 0. The SMILES string of the molecule is Cc1ccc(N2CC(=O)N(c3ccc(C)c(C)c3)[C@H](c3ccc(C(C)C)cc3)C2=O)cc1C. The van der Waals surface area contributed by atoms with Crippen LogP contribution in [0.4, 0.5) is 11.4 Å². The topological polar surface area (TPSA) is 40.6 Å². The highest BCUT2D eigenvalue weighted by atomic mass is 16.2. The number of aryl methyl sites for hydroxylation is 4. The molecular formula is C29H32N2O2. The van der Waals surface area contributed by atoms with E-state index in [1.165, 1.54) is 5.56 Å². The number of hydrogen-bond donors (Lipinski definition) is 0. The third-order valence-corrected chi connectivity index (χ3v) is 6.81. The van der Waals surface area contributed by atoms with Gasteiger partial charge in [-0.05, 0) is 91.3 Å². The van der Waals surface area contributed by atoms with E-state index in [2.05, 4.69) is 26.0 Å². The van der Waals surface area contributed by atoms with E-state index < -0.39 is 6.04 Å². The highest BCUT2D eigenvalue weighted by Gasteiger charge is 2.42. The van der Waals surface area contributed by atoms with E-state index in [4.69, 9.17) is 0 Å². The molecule has 1 saturated heterocycles. The third kappa shape index (κ3) is 4.30. The van der Waals surface area contributed by atoms with Crippen LogP contribution in [0, 0.1) is 27.7 Å². The number of anilines is 2. The molecule has 0 N–H and O–H groups in total. The van der Waals surface area contributed by atoms with Gasteiger partial charge in [0.15, 0.2) is 0 Å². The molecule has 1 fully saturated rings. The zero-order valence-electron chi connectivity index (χ0n) is 20.3. The smallest absolute Gasteiger partial charge is 0.255 e. The highest BCUT2D eigenvalue weighted by Crippen LogP contribution is 2.36. The Morgan fingerprint density at radius 2 is 1.27 bits per heavy atom. The van der Waals surface area contributed by atoms with Crippen LogP contribution in [0.3, 0.4) is 0 Å². The average molecular weight is 441 g/mol. The number of hydrogen-bond acceptors (Lipinski definition) is 2. The van der Waals surface area contributed by atoms with E-state index >= 15 is 0 Å². The van der Waals surface area contributed by atoms with Crippen LogP contribution in [0.2, 0.25) is 0 Å². The molecule has 1 atom stereocenters. The van der Waals surface area contributed by atoms with Gasteiger partial charge < -0.3 is 4.90 Å². The minimum atomic E-state index is -0.712. The normalized spacial score (nSPS) is 16.6. The number of carbonyl (C=O) groups is 2. The summed E-state index contributed by atoms with van der Waals surface area (Å²) in [5, 5.41) is 0. The van der Waals surface area contributed by atoms with Gasteiger partial charge in [-0.3, -0.25) is 14.5 Å². The lowest BCUT2D eigenvalue weighted by Gasteiger charge is -2.40. The van der Waals surface area contributed by atoms with Crippen LogP contribution in [0.25, 0.3) is 0 Å². The van der Waals surface area contributed by atoms with Crippen molar-refractivity contribution in [3.63, 3.8) is 0 Å². The lowest BCUT2D eigenvalue weighted by atomic mass is 9.95. The molecule has 3 aromatic carbocycles. The van der Waals surface area contributed by atoms with E-state index in [-0.39, 0.29) is 18.4 Å². The summed E-state index contributed by atoms with van der Waals surface area (Å²) in [6.45, 7) is 12.5. The fourth-order valence-corrected chi connectivity index (χ4v) is 4.33. The molecule has 0 spiro atoms. The Balaban J connectivity index is 1.82. The van der Waals surface area contributed by atoms with E-state index in [0.29, 0.717) is 5.92 Å². The van der Waals surface area contributed by atoms with Crippen molar-refractivity contribution in [3.8, 4) is 0 Å². The van der Waals surface area contributed by atoms with Gasteiger partial charge in [-0.1, -0.05) is 50.2 Å². The molecule has 0 saturated carbocycles. The Labute approximate surface area is 196 Å². The predicted molar refractivity (Wildman–Crippen MR) is 135 cm³/mol. The molecule has 0 unspecified atom stereocenters. The number of benzene rings is 3. The zero-order chi connectivity index (χ0) is 23.9. The van der Waals surface area contributed by atoms with E-state index in [1.54, 1.807) is 9.80 Å². The zero-order valence-corrected chi connectivity index (χ0v) is 20.3. The van der Waals surface area contributed by atoms with Crippen LogP contribution < -0.4 is 9.80 Å². The van der Waals surface area contributed by atoms with Crippen molar-refractivity contribution in [2.45, 2.75) is 53.5 Å². The van der Waals surface area contributed by atoms with Crippen LogP contribution in [-0.2, 0) is 9.59 Å². The van der Waals surface area contributed by atoms with Crippen molar-refractivity contribution in [2.75, 3.05) is 16.3 Å². The van der Waals surface area contributed by atoms with Gasteiger partial charge in [0.1, 0.15) is 12.6 Å². The molecule has 0 radical (unpaired) electrons. The highest BCUT2D eigenvalue weighted by molar-refractivity contribution is 6.14. The van der Waals surface area contributed by atoms with Gasteiger partial charge in [0.05, 0.1) is 0 Å². The van der Waals surface area contributed by atoms with E-state index in [9.17, 15) is 9.59 Å². The fraction of sp³-hybridized carbons (Fsp3) is 0.310. The van der Waals surface area contributed by atoms with Crippen molar-refractivity contribution in [3.05, 3.63) is 94.0 Å². The molecule has 1 aliphatic rings. The molecule has 0 aliphatic carbocycles.